The molecule has 1 saturated carbocycles. The summed E-state index contributed by atoms with van der Waals surface area (Å²) in [6.07, 6.45) is 4.17. The van der Waals surface area contributed by atoms with Crippen LogP contribution in [0.15, 0.2) is 45.8 Å². The highest BCUT2D eigenvalue weighted by atomic mass is 79.9. The number of carbonyl (C=O) groups is 1. The number of halogens is 1. The summed E-state index contributed by atoms with van der Waals surface area (Å²) in [5.41, 5.74) is 3.31. The van der Waals surface area contributed by atoms with Crippen LogP contribution in [0.3, 0.4) is 0 Å². The summed E-state index contributed by atoms with van der Waals surface area (Å²) in [4.78, 5) is 14.8. The molecule has 0 unspecified atom stereocenters. The topological polar surface area (TPSA) is 57.7 Å². The van der Waals surface area contributed by atoms with Gasteiger partial charge in [0.25, 0.3) is 10.0 Å². The summed E-state index contributed by atoms with van der Waals surface area (Å²) in [5.74, 6) is 0.123. The molecule has 2 aromatic rings. The van der Waals surface area contributed by atoms with Gasteiger partial charge in [-0.2, -0.15) is 0 Å². The predicted molar refractivity (Wildman–Crippen MR) is 112 cm³/mol. The number of carbonyl (C=O) groups excluding carboxylic acids is 1. The molecule has 28 heavy (non-hydrogen) atoms. The van der Waals surface area contributed by atoms with Crippen LogP contribution in [0.1, 0.15) is 30.4 Å². The maximum Gasteiger partial charge on any atom is 0.266 e. The number of anilines is 2. The number of hydrogen-bond acceptors (Lipinski definition) is 3. The highest BCUT2D eigenvalue weighted by Gasteiger charge is 2.41. The molecule has 0 saturated heterocycles. The van der Waals surface area contributed by atoms with E-state index in [2.05, 4.69) is 15.9 Å². The van der Waals surface area contributed by atoms with E-state index >= 15 is 0 Å². The molecule has 2 aromatic carbocycles. The van der Waals surface area contributed by atoms with Gasteiger partial charge < -0.3 is 4.90 Å². The molecule has 0 spiro atoms. The maximum absolute atomic E-state index is 13.8. The van der Waals surface area contributed by atoms with Crippen LogP contribution in [-0.4, -0.2) is 27.4 Å². The number of hydrogen-bond donors (Lipinski definition) is 0. The van der Waals surface area contributed by atoms with Gasteiger partial charge in [0.2, 0.25) is 5.91 Å². The third-order valence-corrected chi connectivity index (χ3v) is 8.11. The lowest BCUT2D eigenvalue weighted by molar-refractivity contribution is -0.119. The summed E-state index contributed by atoms with van der Waals surface area (Å²) in [5, 5.41) is 0. The molecule has 7 heteroatoms. The number of benzene rings is 2. The van der Waals surface area contributed by atoms with Crippen LogP contribution in [-0.2, 0) is 27.7 Å². The van der Waals surface area contributed by atoms with Gasteiger partial charge in [-0.05, 0) is 61.4 Å². The van der Waals surface area contributed by atoms with E-state index in [4.69, 9.17) is 0 Å². The zero-order valence-corrected chi connectivity index (χ0v) is 17.8. The average Bonchev–Trinajstić information content (AvgIpc) is 3.46. The van der Waals surface area contributed by atoms with E-state index in [0.29, 0.717) is 25.2 Å². The second-order valence-electron chi connectivity index (χ2n) is 7.74. The van der Waals surface area contributed by atoms with Crippen molar-refractivity contribution >= 4 is 43.2 Å². The minimum absolute atomic E-state index is 0.0564. The first-order valence-electron chi connectivity index (χ1n) is 9.71. The number of rotatable bonds is 3. The lowest BCUT2D eigenvalue weighted by Crippen LogP contribution is -2.37. The van der Waals surface area contributed by atoms with E-state index in [1.165, 1.54) is 4.31 Å². The number of fused-ring (bicyclic) bond motifs is 2. The van der Waals surface area contributed by atoms with E-state index in [1.54, 1.807) is 11.0 Å². The van der Waals surface area contributed by atoms with Crippen molar-refractivity contribution in [2.24, 2.45) is 5.92 Å². The number of para-hydroxylation sites is 1. The average molecular weight is 461 g/mol. The Morgan fingerprint density at radius 3 is 2.61 bits per heavy atom. The molecular weight excluding hydrogens is 440 g/mol. The van der Waals surface area contributed by atoms with Crippen molar-refractivity contribution < 1.29 is 13.2 Å². The van der Waals surface area contributed by atoms with Gasteiger partial charge >= 0.3 is 0 Å². The van der Waals surface area contributed by atoms with Crippen LogP contribution in [0.2, 0.25) is 0 Å². The molecule has 1 amide bonds. The van der Waals surface area contributed by atoms with E-state index in [-0.39, 0.29) is 16.7 Å². The molecule has 5 nitrogen and oxygen atoms in total. The zero-order chi connectivity index (χ0) is 19.5. The number of nitrogens with zero attached hydrogens (tertiary/aromatic N) is 2. The normalized spacial score (nSPS) is 18.8. The predicted octanol–water partition coefficient (Wildman–Crippen LogP) is 3.89. The number of sulfonamides is 1. The molecule has 1 fully saturated rings. The van der Waals surface area contributed by atoms with E-state index in [0.717, 1.165) is 47.0 Å². The first-order valence-corrected chi connectivity index (χ1v) is 11.9. The lowest BCUT2D eigenvalue weighted by atomic mass is 10.0. The summed E-state index contributed by atoms with van der Waals surface area (Å²) in [6, 6.07) is 11.3. The minimum atomic E-state index is -3.79. The first-order chi connectivity index (χ1) is 13.5. The molecule has 0 bridgehead atoms. The van der Waals surface area contributed by atoms with Gasteiger partial charge in [0, 0.05) is 23.5 Å². The summed E-state index contributed by atoms with van der Waals surface area (Å²) < 4.78 is 29.8. The molecular formula is C21H21BrN2O3S. The Morgan fingerprint density at radius 2 is 1.82 bits per heavy atom. The van der Waals surface area contributed by atoms with Gasteiger partial charge in [-0.15, -0.1) is 0 Å². The van der Waals surface area contributed by atoms with Gasteiger partial charge in [0.15, 0.2) is 0 Å². The Hall–Kier alpha value is -1.86. The molecule has 2 aliphatic heterocycles. The van der Waals surface area contributed by atoms with Crippen LogP contribution in [0.25, 0.3) is 0 Å². The third kappa shape index (κ3) is 2.87. The van der Waals surface area contributed by atoms with Gasteiger partial charge in [-0.25, -0.2) is 8.42 Å². The molecule has 0 aromatic heterocycles. The second-order valence-corrected chi connectivity index (χ2v) is 10.5. The summed E-state index contributed by atoms with van der Waals surface area (Å²) in [6.45, 7) is 1.01. The van der Waals surface area contributed by atoms with Crippen molar-refractivity contribution in [2.75, 3.05) is 22.3 Å². The Labute approximate surface area is 173 Å². The Kier molecular flexibility index (Phi) is 4.28. The minimum Gasteiger partial charge on any atom is -0.310 e. The molecule has 146 valence electrons. The Bertz CT molecular complexity index is 1080. The van der Waals surface area contributed by atoms with Crippen molar-refractivity contribution in [2.45, 2.75) is 37.0 Å². The fourth-order valence-corrected chi connectivity index (χ4v) is 6.77. The smallest absolute Gasteiger partial charge is 0.266 e. The van der Waals surface area contributed by atoms with Crippen molar-refractivity contribution in [3.05, 3.63) is 52.0 Å². The van der Waals surface area contributed by atoms with Gasteiger partial charge in [0.05, 0.1) is 11.4 Å². The SMILES string of the molecule is O=C(C1CC1)N1CCc2cc(Br)cc(S(=O)(=O)N3CCCc4ccccc43)c21. The van der Waals surface area contributed by atoms with E-state index in [9.17, 15) is 13.2 Å². The molecule has 0 radical (unpaired) electrons. The monoisotopic (exact) mass is 460 g/mol. The fourth-order valence-electron chi connectivity index (χ4n) is 4.30. The van der Waals surface area contributed by atoms with Crippen LogP contribution in [0.5, 0.6) is 0 Å². The largest absolute Gasteiger partial charge is 0.310 e. The Morgan fingerprint density at radius 1 is 1.04 bits per heavy atom. The standard InChI is InChI=1S/C21H21BrN2O3S/c22-17-12-16-9-11-23(21(25)15-7-8-15)20(16)19(13-17)28(26,27)24-10-3-5-14-4-1-2-6-18(14)24/h1-2,4,6,12-13,15H,3,5,7-11H2. The molecule has 3 aliphatic rings. The van der Waals surface area contributed by atoms with Crippen LogP contribution < -0.4 is 9.21 Å². The van der Waals surface area contributed by atoms with Crippen molar-refractivity contribution in [1.82, 2.24) is 0 Å². The fraction of sp³-hybridized carbons (Fsp3) is 0.381. The van der Waals surface area contributed by atoms with Crippen LogP contribution in [0.4, 0.5) is 11.4 Å². The van der Waals surface area contributed by atoms with Crippen LogP contribution in [0, 0.1) is 5.92 Å². The van der Waals surface area contributed by atoms with Crippen molar-refractivity contribution in [1.29, 1.82) is 0 Å². The zero-order valence-electron chi connectivity index (χ0n) is 15.4. The highest BCUT2D eigenvalue weighted by molar-refractivity contribution is 9.10. The van der Waals surface area contributed by atoms with Gasteiger partial charge in [0.1, 0.15) is 4.90 Å². The molecule has 0 atom stereocenters. The summed E-state index contributed by atoms with van der Waals surface area (Å²) >= 11 is 3.48. The Balaban J connectivity index is 1.65. The maximum atomic E-state index is 13.8. The third-order valence-electron chi connectivity index (χ3n) is 5.82. The van der Waals surface area contributed by atoms with Gasteiger partial charge in [-0.1, -0.05) is 34.1 Å². The van der Waals surface area contributed by atoms with Crippen LogP contribution >= 0.6 is 15.9 Å². The quantitative estimate of drug-likeness (QED) is 0.697. The second kappa shape index (κ2) is 6.59. The number of amides is 1. The molecule has 1 aliphatic carbocycles. The lowest BCUT2D eigenvalue weighted by Gasteiger charge is -2.32. The summed E-state index contributed by atoms with van der Waals surface area (Å²) in [7, 11) is -3.79. The molecule has 0 N–H and O–H groups in total. The highest BCUT2D eigenvalue weighted by Crippen LogP contribution is 2.43. The first kappa shape index (κ1) is 18.2. The molecule has 2 heterocycles. The number of aryl methyl sites for hydroxylation is 1. The molecule has 5 rings (SSSR count). The van der Waals surface area contributed by atoms with Gasteiger partial charge in [-0.3, -0.25) is 9.10 Å². The van der Waals surface area contributed by atoms with E-state index < -0.39 is 10.0 Å². The van der Waals surface area contributed by atoms with E-state index in [1.807, 2.05) is 30.3 Å². The van der Waals surface area contributed by atoms with Crippen molar-refractivity contribution in [3.63, 3.8) is 0 Å². The van der Waals surface area contributed by atoms with Crippen molar-refractivity contribution in [3.8, 4) is 0 Å².